The summed E-state index contributed by atoms with van der Waals surface area (Å²) in [6.07, 6.45) is -1.23. The average molecular weight is 2050 g/mol. The number of benzene rings is 1. The second-order valence-electron chi connectivity index (χ2n) is 48.9. The molecule has 3 unspecified atom stereocenters. The number of nitrogens with zero attached hydrogens (tertiary/aromatic N) is 6. The number of nitrogens with one attached hydrogen (secondary N) is 12. The number of fused-ring (bicyclic) bond motifs is 4. The standard InChI is InChI=1S/C37H52N6O7.C34H56N6O7.C33H51F3N6O7/c1-35(2,3)24(18-43-31(47)20-12-10-11-13-21(20)32(43)48)40-34(50)41-28(36(4,5)6)33(49)42-17-22-25(37(22,7)8)26(42)29(45)39-23(16-19-14-15-19)27(44)30(46)38-9;1-11-13-14-21(25(41)28(43)35-15-12-2)36-27(42)24-23-20(34(23,9)10)18-40(24)29(44)26(33(6,7)8)38-30(45)37-22(32(3,4)5)19-39-16-17-47-31(39)46;1-10-13-37-26(45)23(43)19(11-12-33(34,35)36)38-25(44)22-21-18(32(21,8)9)16-42(22)27(46)24(31(5,6)7)40-28(47)39-20(30(2,3)4)17-41-14-15-49-29(41)48/h10-13,19,22-26,28H,14-18H2,1-9H3,(H,38,46)(H,39,45)(H2,40,41,50);12,20-24,26H,2,11,13-19H2,1,3-10H3,(H,35,43)(H,36,42)(H2,37,38,45);10,18-22,24H,1,11-17H2,2-9H3,(H,37,45)(H,38,44)(H2,39,40,47)/t22-,23?,24+,25-,26-,28+;20-,21?,22+,23-,24-,26+;18-,19?,20+,21-,22-,24+/m000/s1. The summed E-state index contributed by atoms with van der Waals surface area (Å²) in [5, 5.41) is 32.4. The molecule has 19 amide bonds. The number of alkyl halides is 3. The quantitative estimate of drug-likeness (QED) is 0.0170. The van der Waals surface area contributed by atoms with Gasteiger partial charge in [-0.3, -0.25) is 72.0 Å². The number of Topliss-reactive ketones (excluding diaryl/α,β-unsaturated/α-hetero) is 3. The van der Waals surface area contributed by atoms with Crippen LogP contribution in [0.15, 0.2) is 49.6 Å². The first-order chi connectivity index (χ1) is 67.3. The predicted octanol–water partition coefficient (Wildman–Crippen LogP) is 7.84. The Hall–Kier alpha value is -11.8. The number of hydrogen-bond donors (Lipinski definition) is 12. The minimum absolute atomic E-state index is 0.0538. The summed E-state index contributed by atoms with van der Waals surface area (Å²) < 4.78 is 49.6. The van der Waals surface area contributed by atoms with E-state index in [1.165, 1.54) is 38.8 Å². The molecule has 1 aromatic carbocycles. The summed E-state index contributed by atoms with van der Waals surface area (Å²) in [7, 11) is 1.37. The van der Waals surface area contributed by atoms with Crippen LogP contribution in [0.5, 0.6) is 0 Å². The van der Waals surface area contributed by atoms with E-state index >= 15 is 0 Å². The molecule has 0 radical (unpaired) electrons. The Morgan fingerprint density at radius 2 is 0.753 bits per heavy atom. The van der Waals surface area contributed by atoms with Crippen LogP contribution in [0, 0.1) is 90.2 Å². The largest absolute Gasteiger partial charge is 0.448 e. The zero-order chi connectivity index (χ0) is 110. The molecule has 5 saturated heterocycles. The highest BCUT2D eigenvalue weighted by molar-refractivity contribution is 6.39. The smallest absolute Gasteiger partial charge is 0.410 e. The molecule has 9 fully saturated rings. The molecule has 42 heteroatoms. The van der Waals surface area contributed by atoms with Gasteiger partial charge < -0.3 is 97.8 Å². The summed E-state index contributed by atoms with van der Waals surface area (Å²) >= 11 is 0. The van der Waals surface area contributed by atoms with Crippen LogP contribution < -0.4 is 63.8 Å². The fourth-order valence-electron chi connectivity index (χ4n) is 20.7. The van der Waals surface area contributed by atoms with E-state index in [-0.39, 0.29) is 110 Å². The number of carbonyl (C=O) groups excluding carboxylic acids is 19. The number of piperidine rings is 3. The van der Waals surface area contributed by atoms with Crippen LogP contribution in [-0.4, -0.2) is 306 Å². The van der Waals surface area contributed by atoms with Gasteiger partial charge in [-0.15, -0.1) is 13.2 Å². The van der Waals surface area contributed by atoms with E-state index in [9.17, 15) is 104 Å². The van der Waals surface area contributed by atoms with Crippen molar-refractivity contribution in [3.63, 3.8) is 0 Å². The molecule has 4 aliphatic carbocycles. The number of likely N-dealkylation sites (tertiary alicyclic amines) is 3. The lowest BCUT2D eigenvalue weighted by atomic mass is 9.84. The molecule has 1 aromatic rings. The second-order valence-corrected chi connectivity index (χ2v) is 48.9. The number of ether oxygens (including phenoxy) is 2. The van der Waals surface area contributed by atoms with E-state index < -0.39 is 237 Å². The van der Waals surface area contributed by atoms with Crippen LogP contribution in [0.4, 0.5) is 37.1 Å². The summed E-state index contributed by atoms with van der Waals surface area (Å²) in [4.78, 5) is 261. The molecule has 11 rings (SSSR count). The predicted molar refractivity (Wildman–Crippen MR) is 534 cm³/mol. The highest BCUT2D eigenvalue weighted by atomic mass is 19.4. The monoisotopic (exact) mass is 2050 g/mol. The van der Waals surface area contributed by atoms with Gasteiger partial charge in [0.15, 0.2) is 0 Å². The maximum absolute atomic E-state index is 14.4. The van der Waals surface area contributed by atoms with Crippen molar-refractivity contribution in [3.8, 4) is 0 Å². The van der Waals surface area contributed by atoms with Crippen LogP contribution in [0.25, 0.3) is 0 Å². The van der Waals surface area contributed by atoms with Gasteiger partial charge in [0.05, 0.1) is 67.0 Å². The van der Waals surface area contributed by atoms with Crippen molar-refractivity contribution in [3.05, 3.63) is 60.7 Å². The van der Waals surface area contributed by atoms with Crippen LogP contribution >= 0.6 is 0 Å². The number of amides is 19. The highest BCUT2D eigenvalue weighted by Crippen LogP contribution is 2.67. The van der Waals surface area contributed by atoms with Crippen LogP contribution in [-0.2, 0) is 67.0 Å². The molecule has 0 aromatic heterocycles. The zero-order valence-corrected chi connectivity index (χ0v) is 89.9. The number of unbranched alkanes of at least 4 members (excludes halogenated alkanes) is 1. The molecule has 0 bridgehead atoms. The van der Waals surface area contributed by atoms with Crippen molar-refractivity contribution in [2.75, 3.05) is 85.7 Å². The maximum Gasteiger partial charge on any atom is 0.410 e. The molecule has 0 spiro atoms. The number of ketones is 3. The van der Waals surface area contributed by atoms with E-state index in [0.29, 0.717) is 56.8 Å². The summed E-state index contributed by atoms with van der Waals surface area (Å²) in [6.45, 7) is 56.9. The fourth-order valence-corrected chi connectivity index (χ4v) is 20.7. The number of halogens is 3. The number of carbonyl (C=O) groups is 19. The Bertz CT molecular complexity index is 5110. The average Bonchev–Trinajstić information content (AvgIpc) is 1.53. The highest BCUT2D eigenvalue weighted by Gasteiger charge is 2.73. The number of urea groups is 3. The van der Waals surface area contributed by atoms with Crippen LogP contribution in [0.2, 0.25) is 0 Å². The number of likely N-dealkylation sites (N-methyl/N-ethyl adjacent to an activating group) is 1. The van der Waals surface area contributed by atoms with Gasteiger partial charge in [-0.1, -0.05) is 223 Å². The Morgan fingerprint density at radius 3 is 1.03 bits per heavy atom. The molecule has 6 heterocycles. The second kappa shape index (κ2) is 45.5. The van der Waals surface area contributed by atoms with Gasteiger partial charge in [0.2, 0.25) is 52.8 Å². The SMILES string of the molecule is C=CCNC(=O)C(=O)C(CCC(F)(F)F)NC(=O)[C@@H]1[C@@H]2[C@H](CN1C(=O)[C@@H](NC(=O)N[C@H](CN1CCOC1=O)C(C)(C)C)C(C)(C)C)C2(C)C.C=CCNC(=O)C(=O)C(CCCC)NC(=O)[C@@H]1[C@@H]2[C@H](CN1C(=O)[C@@H](NC(=O)N[C@H](CN1CCOC1=O)C(C)(C)C)C(C)(C)C)C2(C)C.CNC(=O)C(=O)C(CC1CC1)NC(=O)[C@@H]1[C@@H]2[C@H](CN1C(=O)[C@@H](NC(=O)N[C@H](CN1C(=O)c3ccccc3C1=O)C(C)(C)C)C(C)(C)C)C2(C)C. The van der Waals surface area contributed by atoms with Crippen LogP contribution in [0.1, 0.15) is 245 Å². The van der Waals surface area contributed by atoms with Gasteiger partial charge in [0, 0.05) is 59.3 Å². The van der Waals surface area contributed by atoms with Gasteiger partial charge in [0.25, 0.3) is 29.5 Å². The molecule has 6 aliphatic heterocycles. The van der Waals surface area contributed by atoms with Crippen molar-refractivity contribution in [2.24, 2.45) is 90.2 Å². The number of imide groups is 1. The lowest BCUT2D eigenvalue weighted by molar-refractivity contribution is -0.148. The molecule has 812 valence electrons. The third-order valence-electron chi connectivity index (χ3n) is 30.7. The van der Waals surface area contributed by atoms with Gasteiger partial charge >= 0.3 is 36.5 Å². The summed E-state index contributed by atoms with van der Waals surface area (Å²) in [5.74, 6) is -9.93. The van der Waals surface area contributed by atoms with E-state index in [4.69, 9.17) is 9.47 Å². The third kappa shape index (κ3) is 28.2. The minimum Gasteiger partial charge on any atom is -0.448 e. The summed E-state index contributed by atoms with van der Waals surface area (Å²) in [5.41, 5.74) is -4.00. The molecule has 18 atom stereocenters. The molecule has 146 heavy (non-hydrogen) atoms. The Balaban J connectivity index is 0.000000244. The third-order valence-corrected chi connectivity index (χ3v) is 30.7. The minimum atomic E-state index is -4.66. The first kappa shape index (κ1) is 118. The molecular weight excluding hydrogens is 1890 g/mol. The van der Waals surface area contributed by atoms with E-state index in [0.717, 1.165) is 24.2 Å². The lowest BCUT2D eigenvalue weighted by Gasteiger charge is -2.39. The number of rotatable bonds is 38. The maximum atomic E-state index is 14.4. The Kier molecular flexibility index (Phi) is 36.7. The van der Waals surface area contributed by atoms with Gasteiger partial charge in [-0.05, 0) is 122 Å². The molecule has 12 N–H and O–H groups in total. The topological polar surface area (TPSA) is 507 Å². The summed E-state index contributed by atoms with van der Waals surface area (Å²) in [6, 6.07) is -6.84. The van der Waals surface area contributed by atoms with E-state index in [2.05, 4.69) is 105 Å². The van der Waals surface area contributed by atoms with Crippen molar-refractivity contribution < 1.29 is 114 Å². The van der Waals surface area contributed by atoms with Gasteiger partial charge in [0.1, 0.15) is 49.5 Å². The van der Waals surface area contributed by atoms with Crippen molar-refractivity contribution >= 4 is 113 Å². The van der Waals surface area contributed by atoms with Crippen molar-refractivity contribution in [1.82, 2.24) is 93.2 Å². The van der Waals surface area contributed by atoms with Crippen molar-refractivity contribution in [1.29, 1.82) is 0 Å². The fraction of sp³-hybridized carbons (Fsp3) is 0.721. The first-order valence-electron chi connectivity index (χ1n) is 50.8. The lowest BCUT2D eigenvalue weighted by Crippen LogP contribution is -2.63. The van der Waals surface area contributed by atoms with Gasteiger partial charge in [-0.2, -0.15) is 13.2 Å². The molecule has 4 saturated carbocycles. The first-order valence-corrected chi connectivity index (χ1v) is 50.8. The molecular formula is C104H159F3N18O21. The van der Waals surface area contributed by atoms with E-state index in [1.807, 2.05) is 125 Å². The Labute approximate surface area is 855 Å². The zero-order valence-electron chi connectivity index (χ0n) is 89.9. The number of cyclic esters (lactones) is 2. The normalized spacial score (nSPS) is 23.7. The van der Waals surface area contributed by atoms with Crippen molar-refractivity contribution in [2.45, 2.75) is 303 Å². The Morgan fingerprint density at radius 1 is 0.438 bits per heavy atom. The van der Waals surface area contributed by atoms with Crippen LogP contribution in [0.3, 0.4) is 0 Å². The molecule has 10 aliphatic rings. The van der Waals surface area contributed by atoms with Gasteiger partial charge in [-0.25, -0.2) is 24.0 Å². The molecule has 39 nitrogen and oxygen atoms in total. The number of hydrogen-bond acceptors (Lipinski definition) is 21. The van der Waals surface area contributed by atoms with E-state index in [1.54, 1.807) is 49.9 Å².